The number of thiophene rings is 1. The van der Waals surface area contributed by atoms with Crippen LogP contribution in [0.2, 0.25) is 0 Å². The van der Waals surface area contributed by atoms with Crippen molar-refractivity contribution in [2.45, 2.75) is 51.7 Å². The smallest absolute Gasteiger partial charge is 0.329 e. The Bertz CT molecular complexity index is 1720. The summed E-state index contributed by atoms with van der Waals surface area (Å²) in [6.45, 7) is 5.82. The minimum Gasteiger partial charge on any atom is -0.458 e. The van der Waals surface area contributed by atoms with Crippen molar-refractivity contribution in [1.82, 2.24) is 15.2 Å². The Morgan fingerprint density at radius 3 is 2.59 bits per heavy atom. The van der Waals surface area contributed by atoms with Gasteiger partial charge in [-0.2, -0.15) is 0 Å². The largest absolute Gasteiger partial charge is 0.458 e. The molecule has 3 heterocycles. The third-order valence-electron chi connectivity index (χ3n) is 6.65. The average Bonchev–Trinajstić information content (AvgIpc) is 3.62. The summed E-state index contributed by atoms with van der Waals surface area (Å²) in [7, 11) is 0. The van der Waals surface area contributed by atoms with Crippen molar-refractivity contribution in [1.29, 1.82) is 0 Å². The van der Waals surface area contributed by atoms with Gasteiger partial charge >= 0.3 is 5.97 Å². The minimum absolute atomic E-state index is 0.0394. The van der Waals surface area contributed by atoms with Crippen LogP contribution in [0.5, 0.6) is 11.5 Å². The van der Waals surface area contributed by atoms with E-state index in [0.717, 1.165) is 5.56 Å². The molecule has 1 fully saturated rings. The van der Waals surface area contributed by atoms with Crippen LogP contribution >= 0.6 is 23.6 Å². The Morgan fingerprint density at radius 1 is 1.09 bits per heavy atom. The van der Waals surface area contributed by atoms with Crippen LogP contribution in [-0.4, -0.2) is 51.0 Å². The van der Waals surface area contributed by atoms with Crippen molar-refractivity contribution in [3.8, 4) is 11.5 Å². The SMILES string of the molecule is CC(C)(C)OC(=O)C1CCCN1C(=O)c1cc2nccc(Oc3ccc(NC(=S)NC(=O)Cc4ccccc4)cc3F)c2s1. The molecule has 0 saturated carbocycles. The van der Waals surface area contributed by atoms with Crippen LogP contribution in [-0.2, 0) is 20.7 Å². The van der Waals surface area contributed by atoms with Gasteiger partial charge in [0.25, 0.3) is 5.91 Å². The zero-order chi connectivity index (χ0) is 31.4. The zero-order valence-corrected chi connectivity index (χ0v) is 26.0. The summed E-state index contributed by atoms with van der Waals surface area (Å²) < 4.78 is 27.1. The van der Waals surface area contributed by atoms with Crippen LogP contribution in [0.15, 0.2) is 66.9 Å². The number of thiocarbonyl (C=S) groups is 1. The zero-order valence-electron chi connectivity index (χ0n) is 24.4. The number of nitrogens with zero attached hydrogens (tertiary/aromatic N) is 2. The van der Waals surface area contributed by atoms with Crippen molar-refractivity contribution < 1.29 is 28.2 Å². The first-order valence-corrected chi connectivity index (χ1v) is 15.2. The quantitative estimate of drug-likeness (QED) is 0.182. The molecule has 2 aromatic heterocycles. The van der Waals surface area contributed by atoms with E-state index in [0.29, 0.717) is 45.9 Å². The summed E-state index contributed by atoms with van der Waals surface area (Å²) in [6.07, 6.45) is 2.90. The van der Waals surface area contributed by atoms with Gasteiger partial charge in [0.15, 0.2) is 16.7 Å². The number of nitrogens with one attached hydrogen (secondary N) is 2. The number of anilines is 1. The molecule has 1 aliphatic heterocycles. The summed E-state index contributed by atoms with van der Waals surface area (Å²) in [4.78, 5) is 44.8. The first-order chi connectivity index (χ1) is 21.0. The van der Waals surface area contributed by atoms with Crippen molar-refractivity contribution in [3.63, 3.8) is 0 Å². The number of hydrogen-bond acceptors (Lipinski definition) is 8. The molecule has 44 heavy (non-hydrogen) atoms. The number of ether oxygens (including phenoxy) is 2. The lowest BCUT2D eigenvalue weighted by Gasteiger charge is -2.27. The number of pyridine rings is 1. The van der Waals surface area contributed by atoms with E-state index >= 15 is 4.39 Å². The van der Waals surface area contributed by atoms with Gasteiger partial charge in [-0.1, -0.05) is 30.3 Å². The number of rotatable bonds is 7. The van der Waals surface area contributed by atoms with E-state index in [9.17, 15) is 14.4 Å². The van der Waals surface area contributed by atoms with E-state index in [2.05, 4.69) is 15.6 Å². The molecule has 0 radical (unpaired) electrons. The standard InChI is InChI=1S/C32H31FN4O5S2/c1-32(2,3)42-30(40)23-10-7-15-37(23)29(39)26-18-22-28(44-26)25(13-14-34-22)41-24-12-11-20(17-21(24)33)35-31(43)36-27(38)16-19-8-5-4-6-9-19/h4-6,8-9,11-14,17-18,23H,7,10,15-16H2,1-3H3,(H2,35,36,38,43). The predicted molar refractivity (Wildman–Crippen MR) is 171 cm³/mol. The Labute approximate surface area is 263 Å². The topological polar surface area (TPSA) is 110 Å². The fraction of sp³-hybridized carbons (Fsp3) is 0.281. The molecule has 2 aromatic carbocycles. The lowest BCUT2D eigenvalue weighted by atomic mass is 10.1. The number of carbonyl (C=O) groups excluding carboxylic acids is 3. The second kappa shape index (κ2) is 13.1. The van der Waals surface area contributed by atoms with Gasteiger partial charge in [0.1, 0.15) is 17.4 Å². The second-order valence-corrected chi connectivity index (χ2v) is 12.7. The molecule has 2 amide bonds. The Morgan fingerprint density at radius 2 is 1.86 bits per heavy atom. The molecular weight excluding hydrogens is 604 g/mol. The molecule has 9 nitrogen and oxygen atoms in total. The van der Waals surface area contributed by atoms with Gasteiger partial charge in [-0.15, -0.1) is 11.3 Å². The second-order valence-electron chi connectivity index (χ2n) is 11.2. The highest BCUT2D eigenvalue weighted by Gasteiger charge is 2.38. The van der Waals surface area contributed by atoms with Crippen LogP contribution < -0.4 is 15.4 Å². The number of likely N-dealkylation sites (tertiary alicyclic amines) is 1. The predicted octanol–water partition coefficient (Wildman–Crippen LogP) is 6.23. The molecule has 1 atom stereocenters. The van der Waals surface area contributed by atoms with E-state index < -0.39 is 23.4 Å². The average molecular weight is 635 g/mol. The van der Waals surface area contributed by atoms with Gasteiger partial charge in [0.2, 0.25) is 5.91 Å². The molecule has 5 rings (SSSR count). The van der Waals surface area contributed by atoms with Crippen molar-refractivity contribution in [2.75, 3.05) is 11.9 Å². The summed E-state index contributed by atoms with van der Waals surface area (Å²) in [5.41, 5.74) is 1.03. The Kier molecular flexibility index (Phi) is 9.21. The third-order valence-corrected chi connectivity index (χ3v) is 7.98. The van der Waals surface area contributed by atoms with Crippen molar-refractivity contribution in [2.24, 2.45) is 0 Å². The fourth-order valence-corrected chi connectivity index (χ4v) is 6.01. The van der Waals surface area contributed by atoms with Gasteiger partial charge in [-0.05, 0) is 69.6 Å². The third kappa shape index (κ3) is 7.56. The van der Waals surface area contributed by atoms with Crippen LogP contribution in [0.25, 0.3) is 10.2 Å². The summed E-state index contributed by atoms with van der Waals surface area (Å²) in [5, 5.41) is 5.43. The molecule has 4 aromatic rings. The number of benzene rings is 2. The summed E-state index contributed by atoms with van der Waals surface area (Å²) in [5.74, 6) is -1.39. The first-order valence-electron chi connectivity index (χ1n) is 14.0. The number of amides is 2. The highest BCUT2D eigenvalue weighted by atomic mass is 32.1. The number of fused-ring (bicyclic) bond motifs is 1. The van der Waals surface area contributed by atoms with Gasteiger partial charge in [-0.3, -0.25) is 14.6 Å². The number of carbonyl (C=O) groups is 3. The highest BCUT2D eigenvalue weighted by molar-refractivity contribution is 7.80. The Hall–Kier alpha value is -4.42. The Balaban J connectivity index is 1.25. The van der Waals surface area contributed by atoms with Crippen molar-refractivity contribution >= 4 is 62.4 Å². The van der Waals surface area contributed by atoms with E-state index in [1.54, 1.807) is 43.9 Å². The molecule has 0 bridgehead atoms. The maximum absolute atomic E-state index is 15.1. The molecule has 228 valence electrons. The van der Waals surface area contributed by atoms with E-state index in [-0.39, 0.29) is 29.1 Å². The summed E-state index contributed by atoms with van der Waals surface area (Å²) >= 11 is 6.38. The van der Waals surface area contributed by atoms with E-state index in [4.69, 9.17) is 21.7 Å². The normalized spacial score (nSPS) is 14.7. The van der Waals surface area contributed by atoms with Crippen LogP contribution in [0.1, 0.15) is 48.8 Å². The molecular formula is C32H31FN4O5S2. The highest BCUT2D eigenvalue weighted by Crippen LogP contribution is 2.37. The van der Waals surface area contributed by atoms with Gasteiger partial charge in [0.05, 0.1) is 21.5 Å². The molecule has 1 aliphatic rings. The monoisotopic (exact) mass is 634 g/mol. The maximum Gasteiger partial charge on any atom is 0.329 e. The van der Waals surface area contributed by atoms with Crippen LogP contribution in [0.3, 0.4) is 0 Å². The molecule has 12 heteroatoms. The minimum atomic E-state index is -0.663. The van der Waals surface area contributed by atoms with E-state index in [1.807, 2.05) is 30.3 Å². The fourth-order valence-electron chi connectivity index (χ4n) is 4.76. The molecule has 0 spiro atoms. The van der Waals surface area contributed by atoms with Gasteiger partial charge < -0.3 is 25.0 Å². The van der Waals surface area contributed by atoms with Crippen molar-refractivity contribution in [3.05, 3.63) is 83.1 Å². The number of aromatic nitrogens is 1. The van der Waals surface area contributed by atoms with Crippen LogP contribution in [0.4, 0.5) is 10.1 Å². The van der Waals surface area contributed by atoms with Gasteiger partial charge in [-0.25, -0.2) is 9.18 Å². The lowest BCUT2D eigenvalue weighted by molar-refractivity contribution is -0.159. The molecule has 0 aliphatic carbocycles. The number of hydrogen-bond donors (Lipinski definition) is 2. The summed E-state index contributed by atoms with van der Waals surface area (Å²) in [6, 6.07) is 16.0. The first kappa shape index (κ1) is 31.0. The molecule has 1 saturated heterocycles. The van der Waals surface area contributed by atoms with Gasteiger partial charge in [0, 0.05) is 30.6 Å². The van der Waals surface area contributed by atoms with E-state index in [1.165, 1.54) is 29.7 Å². The lowest BCUT2D eigenvalue weighted by Crippen LogP contribution is -2.43. The number of esters is 1. The number of halogens is 1. The molecule has 1 unspecified atom stereocenters. The maximum atomic E-state index is 15.1. The van der Waals surface area contributed by atoms with Crippen LogP contribution in [0, 0.1) is 5.82 Å². The molecule has 2 N–H and O–H groups in total.